The number of rotatable bonds is 6. The van der Waals surface area contributed by atoms with Gasteiger partial charge in [0, 0.05) is 11.6 Å². The Balaban J connectivity index is 2.82. The molecule has 118 valence electrons. The molecule has 1 atom stereocenters. The Morgan fingerprint density at radius 1 is 1.38 bits per heavy atom. The van der Waals surface area contributed by atoms with Crippen molar-refractivity contribution >= 4 is 21.9 Å². The maximum absolute atomic E-state index is 13.9. The molecular formula is C15H20BrF2NO2. The maximum atomic E-state index is 13.9. The van der Waals surface area contributed by atoms with Gasteiger partial charge >= 0.3 is 5.97 Å². The Hall–Kier alpha value is -1.01. The van der Waals surface area contributed by atoms with Crippen molar-refractivity contribution in [3.8, 4) is 0 Å². The first-order chi connectivity index (χ1) is 9.66. The van der Waals surface area contributed by atoms with E-state index >= 15 is 0 Å². The molecule has 1 unspecified atom stereocenters. The van der Waals surface area contributed by atoms with Crippen molar-refractivity contribution in [2.24, 2.45) is 11.1 Å². The van der Waals surface area contributed by atoms with Gasteiger partial charge in [0.1, 0.15) is 11.6 Å². The highest BCUT2D eigenvalue weighted by atomic mass is 79.9. The lowest BCUT2D eigenvalue weighted by molar-refractivity contribution is -0.145. The van der Waals surface area contributed by atoms with E-state index in [0.29, 0.717) is 13.0 Å². The van der Waals surface area contributed by atoms with Gasteiger partial charge in [0.2, 0.25) is 0 Å². The molecule has 2 N–H and O–H groups in total. The monoisotopic (exact) mass is 363 g/mol. The van der Waals surface area contributed by atoms with Crippen LogP contribution in [0, 0.1) is 17.0 Å². The minimum absolute atomic E-state index is 0.0572. The summed E-state index contributed by atoms with van der Waals surface area (Å²) in [6.45, 7) is 5.73. The van der Waals surface area contributed by atoms with Crippen molar-refractivity contribution in [1.29, 1.82) is 0 Å². The molecule has 1 aromatic carbocycles. The van der Waals surface area contributed by atoms with Gasteiger partial charge in [-0.2, -0.15) is 0 Å². The summed E-state index contributed by atoms with van der Waals surface area (Å²) >= 11 is 2.92. The largest absolute Gasteiger partial charge is 0.466 e. The average molecular weight is 364 g/mol. The average Bonchev–Trinajstić information content (AvgIpc) is 2.32. The highest BCUT2D eigenvalue weighted by Crippen LogP contribution is 2.34. The van der Waals surface area contributed by atoms with Gasteiger partial charge in [-0.25, -0.2) is 8.78 Å². The molecule has 0 amide bonds. The summed E-state index contributed by atoms with van der Waals surface area (Å²) in [6.07, 6.45) is 0.513. The zero-order valence-electron chi connectivity index (χ0n) is 12.4. The summed E-state index contributed by atoms with van der Waals surface area (Å²) in [7, 11) is 0. The molecule has 0 heterocycles. The Labute approximate surface area is 132 Å². The van der Waals surface area contributed by atoms with Crippen LogP contribution in [0.25, 0.3) is 0 Å². The van der Waals surface area contributed by atoms with Gasteiger partial charge in [-0.15, -0.1) is 0 Å². The van der Waals surface area contributed by atoms with Crippen LogP contribution in [-0.2, 0) is 9.53 Å². The second kappa shape index (κ2) is 7.31. The van der Waals surface area contributed by atoms with Crippen LogP contribution in [0.2, 0.25) is 0 Å². The summed E-state index contributed by atoms with van der Waals surface area (Å²) in [4.78, 5) is 11.5. The van der Waals surface area contributed by atoms with E-state index < -0.39 is 23.1 Å². The molecule has 0 spiro atoms. The van der Waals surface area contributed by atoms with Crippen molar-refractivity contribution in [2.45, 2.75) is 39.7 Å². The molecule has 0 saturated heterocycles. The minimum atomic E-state index is -0.697. The number of carbonyl (C=O) groups excluding carboxylic acids is 1. The number of carbonyl (C=O) groups is 1. The van der Waals surface area contributed by atoms with Gasteiger partial charge in [0.05, 0.1) is 17.5 Å². The highest BCUT2D eigenvalue weighted by molar-refractivity contribution is 9.10. The quantitative estimate of drug-likeness (QED) is 0.611. The molecule has 0 saturated carbocycles. The smallest absolute Gasteiger partial charge is 0.306 e. The third-order valence-corrected chi connectivity index (χ3v) is 3.75. The van der Waals surface area contributed by atoms with E-state index in [9.17, 15) is 13.6 Å². The number of ether oxygens (including phenoxy) is 1. The third kappa shape index (κ3) is 5.36. The number of halogens is 3. The standard InChI is InChI=1S/C15H20BrF2NO2/c1-4-21-14(20)8-15(2,3)7-13(19)9-5-12(18)10(16)6-11(9)17/h5-6,13H,4,7-8,19H2,1-3H3. The lowest BCUT2D eigenvalue weighted by Gasteiger charge is -2.27. The lowest BCUT2D eigenvalue weighted by Crippen LogP contribution is -2.25. The normalized spacial score (nSPS) is 13.1. The molecule has 3 nitrogen and oxygen atoms in total. The zero-order valence-corrected chi connectivity index (χ0v) is 14.0. The van der Waals surface area contributed by atoms with Crippen LogP contribution < -0.4 is 5.73 Å². The Kier molecular flexibility index (Phi) is 6.28. The summed E-state index contributed by atoms with van der Waals surface area (Å²) in [6, 6.07) is 1.45. The van der Waals surface area contributed by atoms with Crippen molar-refractivity contribution in [3.63, 3.8) is 0 Å². The molecule has 0 aliphatic rings. The Bertz CT molecular complexity index is 521. The van der Waals surface area contributed by atoms with Gasteiger partial charge in [-0.1, -0.05) is 13.8 Å². The Morgan fingerprint density at radius 3 is 2.57 bits per heavy atom. The van der Waals surface area contributed by atoms with Crippen LogP contribution in [0.4, 0.5) is 8.78 Å². The topological polar surface area (TPSA) is 52.3 Å². The summed E-state index contributed by atoms with van der Waals surface area (Å²) < 4.78 is 32.4. The van der Waals surface area contributed by atoms with Crippen molar-refractivity contribution < 1.29 is 18.3 Å². The first kappa shape index (κ1) is 18.0. The molecule has 1 rings (SSSR count). The molecule has 1 aromatic rings. The van der Waals surface area contributed by atoms with Crippen molar-refractivity contribution in [3.05, 3.63) is 33.8 Å². The molecule has 0 aliphatic carbocycles. The Morgan fingerprint density at radius 2 is 2.00 bits per heavy atom. The van der Waals surface area contributed by atoms with Crippen LogP contribution >= 0.6 is 15.9 Å². The van der Waals surface area contributed by atoms with Crippen LogP contribution in [-0.4, -0.2) is 12.6 Å². The second-order valence-corrected chi connectivity index (χ2v) is 6.60. The number of esters is 1. The van der Waals surface area contributed by atoms with Crippen LogP contribution in [0.3, 0.4) is 0 Å². The van der Waals surface area contributed by atoms with Gasteiger partial charge in [-0.05, 0) is 46.8 Å². The minimum Gasteiger partial charge on any atom is -0.466 e. The fraction of sp³-hybridized carbons (Fsp3) is 0.533. The van der Waals surface area contributed by atoms with E-state index in [4.69, 9.17) is 10.5 Å². The molecule has 0 aliphatic heterocycles. The molecule has 21 heavy (non-hydrogen) atoms. The SMILES string of the molecule is CCOC(=O)CC(C)(C)CC(N)c1cc(F)c(Br)cc1F. The maximum Gasteiger partial charge on any atom is 0.306 e. The third-order valence-electron chi connectivity index (χ3n) is 3.14. The van der Waals surface area contributed by atoms with Gasteiger partial charge < -0.3 is 10.5 Å². The predicted molar refractivity (Wildman–Crippen MR) is 80.6 cm³/mol. The van der Waals surface area contributed by atoms with E-state index in [-0.39, 0.29) is 22.4 Å². The molecule has 0 bridgehead atoms. The van der Waals surface area contributed by atoms with Crippen LogP contribution in [0.5, 0.6) is 0 Å². The highest BCUT2D eigenvalue weighted by Gasteiger charge is 2.27. The first-order valence-electron chi connectivity index (χ1n) is 6.72. The summed E-state index contributed by atoms with van der Waals surface area (Å²) in [5, 5.41) is 0. The number of hydrogen-bond donors (Lipinski definition) is 1. The molecule has 0 aromatic heterocycles. The van der Waals surface area contributed by atoms with Gasteiger partial charge in [0.25, 0.3) is 0 Å². The lowest BCUT2D eigenvalue weighted by atomic mass is 9.81. The van der Waals surface area contributed by atoms with E-state index in [2.05, 4.69) is 15.9 Å². The number of nitrogens with two attached hydrogens (primary N) is 1. The van der Waals surface area contributed by atoms with E-state index in [0.717, 1.165) is 12.1 Å². The fourth-order valence-electron chi connectivity index (χ4n) is 2.20. The van der Waals surface area contributed by atoms with Crippen LogP contribution in [0.15, 0.2) is 16.6 Å². The summed E-state index contributed by atoms with van der Waals surface area (Å²) in [5.74, 6) is -1.45. The van der Waals surface area contributed by atoms with Gasteiger partial charge in [-0.3, -0.25) is 4.79 Å². The second-order valence-electron chi connectivity index (χ2n) is 5.74. The number of hydrogen-bond acceptors (Lipinski definition) is 3. The van der Waals surface area contributed by atoms with Crippen molar-refractivity contribution in [1.82, 2.24) is 0 Å². The summed E-state index contributed by atoms with van der Waals surface area (Å²) in [5.41, 5.74) is 5.61. The number of benzene rings is 1. The first-order valence-corrected chi connectivity index (χ1v) is 7.51. The van der Waals surface area contributed by atoms with Crippen LogP contribution in [0.1, 0.15) is 45.2 Å². The van der Waals surface area contributed by atoms with Gasteiger partial charge in [0.15, 0.2) is 0 Å². The van der Waals surface area contributed by atoms with Crippen molar-refractivity contribution in [2.75, 3.05) is 6.61 Å². The molecule has 0 radical (unpaired) electrons. The molecule has 6 heteroatoms. The van der Waals surface area contributed by atoms with E-state index in [1.807, 2.05) is 13.8 Å². The van der Waals surface area contributed by atoms with E-state index in [1.54, 1.807) is 6.92 Å². The fourth-order valence-corrected chi connectivity index (χ4v) is 2.52. The molecular weight excluding hydrogens is 344 g/mol. The zero-order chi connectivity index (χ0) is 16.2. The predicted octanol–water partition coefficient (Wildman–Crippen LogP) is 4.10. The van der Waals surface area contributed by atoms with E-state index in [1.165, 1.54) is 0 Å². The molecule has 0 fully saturated rings.